The molecule has 1 heterocycles. The Morgan fingerprint density at radius 3 is 2.37 bits per heavy atom. The SMILES string of the molecule is CCC(C(=O)O)n1c(=NC(=O)c2ccc(C)cc2)sc2ccc(NS(=O)(=O)c3ccccc3)cc21. The molecule has 0 saturated carbocycles. The van der Waals surface area contributed by atoms with Crippen LogP contribution in [-0.4, -0.2) is 30.0 Å². The van der Waals surface area contributed by atoms with Gasteiger partial charge in [0.2, 0.25) is 0 Å². The van der Waals surface area contributed by atoms with E-state index in [0.29, 0.717) is 15.8 Å². The van der Waals surface area contributed by atoms with Crippen molar-refractivity contribution in [2.75, 3.05) is 4.72 Å². The van der Waals surface area contributed by atoms with Gasteiger partial charge in [0, 0.05) is 5.56 Å². The fourth-order valence-corrected chi connectivity index (χ4v) is 5.73. The van der Waals surface area contributed by atoms with E-state index in [0.717, 1.165) is 5.56 Å². The van der Waals surface area contributed by atoms with Crippen LogP contribution in [0.1, 0.15) is 35.3 Å². The number of carbonyl (C=O) groups is 2. The van der Waals surface area contributed by atoms with E-state index in [-0.39, 0.29) is 21.8 Å². The lowest BCUT2D eigenvalue weighted by Gasteiger charge is -2.14. The van der Waals surface area contributed by atoms with Crippen molar-refractivity contribution in [3.63, 3.8) is 0 Å². The van der Waals surface area contributed by atoms with Crippen LogP contribution in [0.2, 0.25) is 0 Å². The summed E-state index contributed by atoms with van der Waals surface area (Å²) < 4.78 is 30.2. The smallest absolute Gasteiger partial charge is 0.326 e. The van der Waals surface area contributed by atoms with Crippen LogP contribution < -0.4 is 9.52 Å². The number of aromatic nitrogens is 1. The maximum Gasteiger partial charge on any atom is 0.326 e. The minimum absolute atomic E-state index is 0.106. The van der Waals surface area contributed by atoms with Gasteiger partial charge in [-0.2, -0.15) is 4.99 Å². The lowest BCUT2D eigenvalue weighted by Crippen LogP contribution is -2.27. The maximum atomic E-state index is 12.8. The van der Waals surface area contributed by atoms with E-state index in [9.17, 15) is 23.1 Å². The fourth-order valence-electron chi connectivity index (χ4n) is 3.61. The van der Waals surface area contributed by atoms with Gasteiger partial charge < -0.3 is 9.67 Å². The number of nitrogens with one attached hydrogen (secondary N) is 1. The Balaban J connectivity index is 1.84. The molecule has 0 aliphatic heterocycles. The van der Waals surface area contributed by atoms with E-state index in [4.69, 9.17) is 0 Å². The molecule has 1 unspecified atom stereocenters. The second kappa shape index (κ2) is 9.85. The van der Waals surface area contributed by atoms with Crippen LogP contribution in [0, 0.1) is 6.92 Å². The van der Waals surface area contributed by atoms with Gasteiger partial charge >= 0.3 is 5.97 Å². The molecule has 180 valence electrons. The highest BCUT2D eigenvalue weighted by Crippen LogP contribution is 2.27. The Morgan fingerprint density at radius 2 is 1.74 bits per heavy atom. The third-order valence-corrected chi connectivity index (χ3v) is 7.84. The number of nitrogens with zero attached hydrogens (tertiary/aromatic N) is 2. The van der Waals surface area contributed by atoms with Crippen molar-refractivity contribution >= 4 is 49.1 Å². The van der Waals surface area contributed by atoms with E-state index in [2.05, 4.69) is 9.71 Å². The highest BCUT2D eigenvalue weighted by atomic mass is 32.2. The van der Waals surface area contributed by atoms with Crippen LogP contribution in [0.25, 0.3) is 10.2 Å². The molecule has 0 spiro atoms. The largest absolute Gasteiger partial charge is 0.480 e. The van der Waals surface area contributed by atoms with Gasteiger partial charge in [-0.05, 0) is 55.8 Å². The third kappa shape index (κ3) is 5.18. The molecule has 10 heteroatoms. The molecule has 0 bridgehead atoms. The van der Waals surface area contributed by atoms with E-state index >= 15 is 0 Å². The lowest BCUT2D eigenvalue weighted by molar-refractivity contribution is -0.140. The highest BCUT2D eigenvalue weighted by molar-refractivity contribution is 7.92. The Labute approximate surface area is 206 Å². The van der Waals surface area contributed by atoms with E-state index in [1.165, 1.54) is 28.0 Å². The summed E-state index contributed by atoms with van der Waals surface area (Å²) in [5.74, 6) is -1.57. The molecule has 4 rings (SSSR count). The first-order chi connectivity index (χ1) is 16.7. The molecule has 35 heavy (non-hydrogen) atoms. The summed E-state index contributed by atoms with van der Waals surface area (Å²) in [4.78, 5) is 29.5. The molecule has 0 fully saturated rings. The predicted octanol–water partition coefficient (Wildman–Crippen LogP) is 4.59. The van der Waals surface area contributed by atoms with E-state index < -0.39 is 27.9 Å². The summed E-state index contributed by atoms with van der Waals surface area (Å²) in [7, 11) is -3.84. The molecule has 1 aromatic heterocycles. The van der Waals surface area contributed by atoms with Crippen molar-refractivity contribution in [1.29, 1.82) is 0 Å². The number of carboxylic acids is 1. The maximum absolute atomic E-state index is 12.8. The van der Waals surface area contributed by atoms with Gasteiger partial charge in [0.05, 0.1) is 20.8 Å². The number of aliphatic carboxylic acids is 1. The number of hydrogen-bond acceptors (Lipinski definition) is 5. The van der Waals surface area contributed by atoms with Gasteiger partial charge in [-0.3, -0.25) is 9.52 Å². The van der Waals surface area contributed by atoms with Gasteiger partial charge in [0.15, 0.2) is 4.80 Å². The summed E-state index contributed by atoms with van der Waals surface area (Å²) >= 11 is 1.17. The number of anilines is 1. The quantitative estimate of drug-likeness (QED) is 0.378. The number of benzene rings is 3. The molecule has 2 N–H and O–H groups in total. The molecule has 0 aliphatic carbocycles. The highest BCUT2D eigenvalue weighted by Gasteiger charge is 2.23. The number of aryl methyl sites for hydroxylation is 1. The first kappa shape index (κ1) is 24.4. The van der Waals surface area contributed by atoms with Crippen LogP contribution in [0.3, 0.4) is 0 Å². The molecule has 4 aromatic rings. The average Bonchev–Trinajstić information content (AvgIpc) is 3.17. The second-order valence-corrected chi connectivity index (χ2v) is 10.6. The summed E-state index contributed by atoms with van der Waals surface area (Å²) in [6, 6.07) is 18.7. The van der Waals surface area contributed by atoms with E-state index in [1.807, 2.05) is 6.92 Å². The zero-order valence-corrected chi connectivity index (χ0v) is 20.6. The summed E-state index contributed by atoms with van der Waals surface area (Å²) in [5.41, 5.74) is 2.12. The van der Waals surface area contributed by atoms with Crippen molar-refractivity contribution in [3.05, 3.63) is 88.7 Å². The molecule has 1 atom stereocenters. The van der Waals surface area contributed by atoms with Crippen LogP contribution in [0.4, 0.5) is 5.69 Å². The lowest BCUT2D eigenvalue weighted by atomic mass is 10.1. The van der Waals surface area contributed by atoms with Crippen molar-refractivity contribution in [3.8, 4) is 0 Å². The number of thiazole rings is 1. The van der Waals surface area contributed by atoms with Gasteiger partial charge in [0.25, 0.3) is 15.9 Å². The van der Waals surface area contributed by atoms with Crippen LogP contribution in [0.15, 0.2) is 82.7 Å². The summed E-state index contributed by atoms with van der Waals surface area (Å²) in [6.45, 7) is 3.64. The van der Waals surface area contributed by atoms with Crippen LogP contribution in [0.5, 0.6) is 0 Å². The van der Waals surface area contributed by atoms with Crippen molar-refractivity contribution in [2.45, 2.75) is 31.2 Å². The summed E-state index contributed by atoms with van der Waals surface area (Å²) in [6.07, 6.45) is 0.243. The van der Waals surface area contributed by atoms with Gasteiger partial charge in [0.1, 0.15) is 6.04 Å². The molecule has 8 nitrogen and oxygen atoms in total. The summed E-state index contributed by atoms with van der Waals surface area (Å²) in [5, 5.41) is 9.86. The van der Waals surface area contributed by atoms with E-state index in [1.54, 1.807) is 67.6 Å². The Kier molecular flexibility index (Phi) is 6.86. The van der Waals surface area contributed by atoms with Crippen molar-refractivity contribution < 1.29 is 23.1 Å². The first-order valence-corrected chi connectivity index (χ1v) is 13.1. The minimum Gasteiger partial charge on any atom is -0.480 e. The van der Waals surface area contributed by atoms with Gasteiger partial charge in [-0.1, -0.05) is 54.2 Å². The normalized spacial score (nSPS) is 13.0. The number of fused-ring (bicyclic) bond motifs is 1. The van der Waals surface area contributed by atoms with Crippen LogP contribution in [-0.2, 0) is 14.8 Å². The molecular formula is C25H23N3O5S2. The Morgan fingerprint density at radius 1 is 1.06 bits per heavy atom. The molecule has 3 aromatic carbocycles. The monoisotopic (exact) mass is 509 g/mol. The third-order valence-electron chi connectivity index (χ3n) is 5.41. The van der Waals surface area contributed by atoms with Crippen molar-refractivity contribution in [2.24, 2.45) is 4.99 Å². The molecule has 0 aliphatic rings. The molecule has 0 saturated heterocycles. The standard InChI is InChI=1S/C25H23N3O5S2/c1-3-20(24(30)31)28-21-15-18(27-35(32,33)19-7-5-4-6-8-19)13-14-22(21)34-25(28)26-23(29)17-11-9-16(2)10-12-17/h4-15,20,27H,3H2,1-2H3,(H,30,31). The number of rotatable bonds is 7. The zero-order chi connectivity index (χ0) is 25.2. The second-order valence-electron chi connectivity index (χ2n) is 7.90. The zero-order valence-electron chi connectivity index (χ0n) is 19.0. The number of amides is 1. The number of hydrogen-bond donors (Lipinski definition) is 2. The average molecular weight is 510 g/mol. The first-order valence-electron chi connectivity index (χ1n) is 10.8. The number of carbonyl (C=O) groups excluding carboxylic acids is 1. The topological polar surface area (TPSA) is 118 Å². The Hall–Kier alpha value is -3.76. The van der Waals surface area contributed by atoms with Crippen molar-refractivity contribution in [1.82, 2.24) is 4.57 Å². The Bertz CT molecular complexity index is 1570. The number of carboxylic acid groups (broad SMARTS) is 1. The number of sulfonamides is 1. The van der Waals surface area contributed by atoms with Gasteiger partial charge in [-0.25, -0.2) is 13.2 Å². The van der Waals surface area contributed by atoms with Gasteiger partial charge in [-0.15, -0.1) is 0 Å². The fraction of sp³-hybridized carbons (Fsp3) is 0.160. The molecule has 0 radical (unpaired) electrons. The molecular weight excluding hydrogens is 486 g/mol. The molecule has 1 amide bonds. The minimum atomic E-state index is -3.84. The predicted molar refractivity (Wildman–Crippen MR) is 135 cm³/mol. The van der Waals surface area contributed by atoms with Crippen LogP contribution >= 0.6 is 11.3 Å².